The van der Waals surface area contributed by atoms with Crippen molar-refractivity contribution in [1.82, 2.24) is 0 Å². The molecule has 84 valence electrons. The molecule has 0 fully saturated rings. The third kappa shape index (κ3) is 5.40. The van der Waals surface area contributed by atoms with Gasteiger partial charge in [-0.05, 0) is 12.8 Å². The minimum Gasteiger partial charge on any atom is -0.452 e. The minimum absolute atomic E-state index is 0.313. The summed E-state index contributed by atoms with van der Waals surface area (Å²) in [5.74, 6) is -0.792. The van der Waals surface area contributed by atoms with E-state index in [-0.39, 0.29) is 0 Å². The number of carbonyl (C=O) groups is 1. The second-order valence-corrected chi connectivity index (χ2v) is 6.61. The summed E-state index contributed by atoms with van der Waals surface area (Å²) >= 11 is 0. The van der Waals surface area contributed by atoms with E-state index in [1.54, 1.807) is 6.92 Å². The molecular weight excluding hydrogens is 203 g/mol. The van der Waals surface area contributed by atoms with Crippen molar-refractivity contribution in [3.05, 3.63) is 0 Å². The van der Waals surface area contributed by atoms with Crippen molar-refractivity contribution in [3.8, 4) is 0 Å². The van der Waals surface area contributed by atoms with E-state index in [2.05, 4.69) is 0 Å². The van der Waals surface area contributed by atoms with Gasteiger partial charge in [0.25, 0.3) is 0 Å². The van der Waals surface area contributed by atoms with E-state index in [1.807, 2.05) is 13.8 Å². The van der Waals surface area contributed by atoms with Crippen molar-refractivity contribution < 1.29 is 18.6 Å². The van der Waals surface area contributed by atoms with Crippen LogP contribution in [-0.4, -0.2) is 25.1 Å². The van der Waals surface area contributed by atoms with Gasteiger partial charge >= 0.3 is 5.97 Å². The number of rotatable bonds is 5. The molecule has 0 saturated heterocycles. The number of hydrogen-bond donors (Lipinski definition) is 0. The fourth-order valence-corrected chi connectivity index (χ4v) is 1.88. The molecule has 0 heterocycles. The zero-order valence-electron chi connectivity index (χ0n) is 9.44. The fourth-order valence-electron chi connectivity index (χ4n) is 0.738. The largest absolute Gasteiger partial charge is 0.452 e. The lowest BCUT2D eigenvalue weighted by Gasteiger charge is -2.21. The number of hydrogen-bond acceptors (Lipinski definition) is 4. The fraction of sp³-hybridized carbons (Fsp3) is 0.889. The first-order valence-electron chi connectivity index (χ1n) is 4.64. The Labute approximate surface area is 85.4 Å². The van der Waals surface area contributed by atoms with Gasteiger partial charge in [0.2, 0.25) is 7.37 Å². The van der Waals surface area contributed by atoms with Gasteiger partial charge in [0.1, 0.15) is 0 Å². The Balaban J connectivity index is 4.16. The Kier molecular flexibility index (Phi) is 5.38. The monoisotopic (exact) mass is 222 g/mol. The van der Waals surface area contributed by atoms with E-state index >= 15 is 0 Å². The minimum atomic E-state index is -2.83. The van der Waals surface area contributed by atoms with Crippen LogP contribution in [0.2, 0.25) is 0 Å². The Morgan fingerprint density at radius 1 is 1.36 bits per heavy atom. The highest BCUT2D eigenvalue weighted by molar-refractivity contribution is 7.58. The first-order valence-corrected chi connectivity index (χ1v) is 6.78. The summed E-state index contributed by atoms with van der Waals surface area (Å²) in [7, 11) is -2.83. The highest BCUT2D eigenvalue weighted by Gasteiger charge is 2.27. The standard InChI is InChI=1S/C9H19O4P/c1-7(2)6-12-14(5,11)9(4)13-8(3)10/h7,9H,6H2,1-5H3. The van der Waals surface area contributed by atoms with Crippen LogP contribution < -0.4 is 0 Å². The van der Waals surface area contributed by atoms with Crippen LogP contribution in [0.25, 0.3) is 0 Å². The maximum Gasteiger partial charge on any atom is 0.303 e. The van der Waals surface area contributed by atoms with Crippen molar-refractivity contribution >= 4 is 13.3 Å². The van der Waals surface area contributed by atoms with Crippen LogP contribution in [0.4, 0.5) is 0 Å². The summed E-state index contributed by atoms with van der Waals surface area (Å²) in [6.07, 6.45) is 0. The maximum atomic E-state index is 11.9. The zero-order valence-corrected chi connectivity index (χ0v) is 10.3. The second kappa shape index (κ2) is 5.52. The van der Waals surface area contributed by atoms with E-state index in [0.29, 0.717) is 12.5 Å². The molecule has 0 radical (unpaired) electrons. The molecule has 0 rings (SSSR count). The third-order valence-corrected chi connectivity index (χ3v) is 3.75. The molecule has 14 heavy (non-hydrogen) atoms. The van der Waals surface area contributed by atoms with E-state index in [1.165, 1.54) is 13.6 Å². The predicted molar refractivity (Wildman–Crippen MR) is 55.5 cm³/mol. The first kappa shape index (κ1) is 13.7. The predicted octanol–water partition coefficient (Wildman–Crippen LogP) is 2.48. The molecule has 0 bridgehead atoms. The van der Waals surface area contributed by atoms with Gasteiger partial charge in [-0.2, -0.15) is 0 Å². The van der Waals surface area contributed by atoms with Crippen molar-refractivity contribution in [2.24, 2.45) is 5.92 Å². The van der Waals surface area contributed by atoms with E-state index in [9.17, 15) is 9.36 Å². The van der Waals surface area contributed by atoms with Crippen molar-refractivity contribution in [1.29, 1.82) is 0 Å². The topological polar surface area (TPSA) is 52.6 Å². The van der Waals surface area contributed by atoms with E-state index < -0.39 is 19.2 Å². The van der Waals surface area contributed by atoms with Crippen LogP contribution >= 0.6 is 7.37 Å². The molecule has 0 aromatic rings. The van der Waals surface area contributed by atoms with Gasteiger partial charge in [0.15, 0.2) is 5.85 Å². The summed E-state index contributed by atoms with van der Waals surface area (Å²) in [5, 5.41) is 0. The van der Waals surface area contributed by atoms with Crippen LogP contribution in [0.5, 0.6) is 0 Å². The van der Waals surface area contributed by atoms with Crippen LogP contribution in [-0.2, 0) is 18.6 Å². The lowest BCUT2D eigenvalue weighted by Crippen LogP contribution is -2.15. The first-order chi connectivity index (χ1) is 6.25. The second-order valence-electron chi connectivity index (χ2n) is 3.81. The summed E-state index contributed by atoms with van der Waals surface area (Å²) in [5.41, 5.74) is 0. The summed E-state index contributed by atoms with van der Waals surface area (Å²) in [4.78, 5) is 10.6. The Hall–Kier alpha value is -0.340. The molecule has 0 amide bonds. The van der Waals surface area contributed by atoms with Crippen LogP contribution in [0.15, 0.2) is 0 Å². The molecule has 0 aliphatic carbocycles. The van der Waals surface area contributed by atoms with Gasteiger partial charge in [0, 0.05) is 13.6 Å². The van der Waals surface area contributed by atoms with Crippen molar-refractivity contribution in [2.45, 2.75) is 33.5 Å². The molecule has 0 aromatic heterocycles. The molecule has 0 aliphatic rings. The summed E-state index contributed by atoms with van der Waals surface area (Å²) in [6.45, 7) is 8.72. The Morgan fingerprint density at radius 2 is 1.86 bits per heavy atom. The molecular formula is C9H19O4P. The number of carbonyl (C=O) groups excluding carboxylic acids is 1. The Bertz CT molecular complexity index is 237. The highest BCUT2D eigenvalue weighted by atomic mass is 31.2. The van der Waals surface area contributed by atoms with Crippen molar-refractivity contribution in [2.75, 3.05) is 13.3 Å². The molecule has 0 spiro atoms. The molecule has 0 N–H and O–H groups in total. The van der Waals surface area contributed by atoms with E-state index in [4.69, 9.17) is 9.26 Å². The lowest BCUT2D eigenvalue weighted by molar-refractivity contribution is -0.142. The van der Waals surface area contributed by atoms with Crippen LogP contribution in [0.1, 0.15) is 27.7 Å². The van der Waals surface area contributed by atoms with Gasteiger partial charge in [-0.15, -0.1) is 0 Å². The third-order valence-electron chi connectivity index (χ3n) is 1.66. The molecule has 0 saturated carbocycles. The SMILES string of the molecule is CC(=O)OC(C)P(C)(=O)OCC(C)C. The average Bonchev–Trinajstić information content (AvgIpc) is 1.99. The molecule has 2 unspecified atom stereocenters. The zero-order chi connectivity index (χ0) is 11.4. The molecule has 4 nitrogen and oxygen atoms in total. The quantitative estimate of drug-likeness (QED) is 0.529. The smallest absolute Gasteiger partial charge is 0.303 e. The average molecular weight is 222 g/mol. The number of esters is 1. The normalized spacial score (nSPS) is 17.6. The summed E-state index contributed by atoms with van der Waals surface area (Å²) in [6, 6.07) is 0. The van der Waals surface area contributed by atoms with Gasteiger partial charge in [0.05, 0.1) is 6.61 Å². The van der Waals surface area contributed by atoms with Crippen molar-refractivity contribution in [3.63, 3.8) is 0 Å². The maximum absolute atomic E-state index is 11.9. The van der Waals surface area contributed by atoms with Gasteiger partial charge < -0.3 is 9.26 Å². The molecule has 0 aromatic carbocycles. The van der Waals surface area contributed by atoms with Gasteiger partial charge in [-0.3, -0.25) is 9.36 Å². The van der Waals surface area contributed by atoms with Crippen LogP contribution in [0.3, 0.4) is 0 Å². The highest BCUT2D eigenvalue weighted by Crippen LogP contribution is 2.48. The van der Waals surface area contributed by atoms with Gasteiger partial charge in [-0.25, -0.2) is 0 Å². The molecule has 2 atom stereocenters. The Morgan fingerprint density at radius 3 is 2.21 bits per heavy atom. The van der Waals surface area contributed by atoms with Crippen LogP contribution in [0, 0.1) is 5.92 Å². The molecule has 5 heteroatoms. The molecule has 0 aliphatic heterocycles. The summed E-state index contributed by atoms with van der Waals surface area (Å²) < 4.78 is 21.9. The number of ether oxygens (including phenoxy) is 1. The van der Waals surface area contributed by atoms with Gasteiger partial charge in [-0.1, -0.05) is 13.8 Å². The van der Waals surface area contributed by atoms with E-state index in [0.717, 1.165) is 0 Å². The lowest BCUT2D eigenvalue weighted by atomic mass is 10.2.